The van der Waals surface area contributed by atoms with Crippen molar-refractivity contribution in [3.8, 4) is 5.75 Å². The number of carbonyl (C=O) groups excluding carboxylic acids is 1. The minimum absolute atomic E-state index is 0.257. The number of hydrogen-bond donors (Lipinski definition) is 3. The number of aliphatic hydroxyl groups excluding tert-OH is 2. The minimum Gasteiger partial charge on any atom is -0.462 e. The van der Waals surface area contributed by atoms with Crippen LogP contribution in [0.15, 0.2) is 60.7 Å². The Balaban J connectivity index is 1.71. The summed E-state index contributed by atoms with van der Waals surface area (Å²) in [6, 6.07) is 16.3. The number of para-hydroxylation sites is 1. The summed E-state index contributed by atoms with van der Waals surface area (Å²) >= 11 is 0. The van der Waals surface area contributed by atoms with E-state index in [-0.39, 0.29) is 18.5 Å². The Bertz CT molecular complexity index is 942. The fourth-order valence-electron chi connectivity index (χ4n) is 3.31. The topological polar surface area (TPSA) is 124 Å². The molecule has 1 fully saturated rings. The molecule has 3 rings (SSSR count). The highest BCUT2D eigenvalue weighted by Crippen LogP contribution is 2.46. The van der Waals surface area contributed by atoms with Crippen LogP contribution in [-0.4, -0.2) is 53.2 Å². The Labute approximate surface area is 193 Å². The summed E-state index contributed by atoms with van der Waals surface area (Å²) in [5.41, 5.74) is 0.693. The lowest BCUT2D eigenvalue weighted by atomic mass is 10.0. The normalized spacial score (nSPS) is 25.4. The number of carbonyl (C=O) groups is 1. The van der Waals surface area contributed by atoms with E-state index < -0.39 is 44.2 Å². The average Bonchev–Trinajstić information content (AvgIpc) is 3.07. The molecule has 1 heterocycles. The quantitative estimate of drug-likeness (QED) is 0.349. The lowest BCUT2D eigenvalue weighted by Crippen LogP contribution is -2.38. The summed E-state index contributed by atoms with van der Waals surface area (Å²) in [4.78, 5) is 12.2. The van der Waals surface area contributed by atoms with Gasteiger partial charge in [-0.2, -0.15) is 5.09 Å². The van der Waals surface area contributed by atoms with Crippen LogP contribution in [0.1, 0.15) is 32.4 Å². The molecule has 0 aliphatic carbocycles. The van der Waals surface area contributed by atoms with E-state index in [0.29, 0.717) is 5.56 Å². The van der Waals surface area contributed by atoms with Crippen molar-refractivity contribution in [1.29, 1.82) is 0 Å². The van der Waals surface area contributed by atoms with Crippen molar-refractivity contribution in [2.75, 3.05) is 6.61 Å². The molecule has 0 saturated carbocycles. The van der Waals surface area contributed by atoms with Gasteiger partial charge in [0.05, 0.1) is 12.7 Å². The molecule has 6 atom stereocenters. The van der Waals surface area contributed by atoms with Gasteiger partial charge >= 0.3 is 13.7 Å². The molecule has 3 N–H and O–H groups in total. The summed E-state index contributed by atoms with van der Waals surface area (Å²) in [6.07, 6.45) is -4.56. The van der Waals surface area contributed by atoms with Gasteiger partial charge in [0.25, 0.3) is 0 Å². The Morgan fingerprint density at radius 2 is 1.64 bits per heavy atom. The first-order valence-corrected chi connectivity index (χ1v) is 12.3. The minimum atomic E-state index is -4.11. The number of nitrogens with one attached hydrogen (secondary N) is 1. The van der Waals surface area contributed by atoms with Crippen LogP contribution in [0.25, 0.3) is 0 Å². The van der Waals surface area contributed by atoms with Crippen molar-refractivity contribution in [2.45, 2.75) is 57.3 Å². The van der Waals surface area contributed by atoms with Gasteiger partial charge in [-0.1, -0.05) is 48.5 Å². The molecule has 10 heteroatoms. The van der Waals surface area contributed by atoms with Gasteiger partial charge in [-0.15, -0.1) is 0 Å². The smallest absolute Gasteiger partial charge is 0.459 e. The van der Waals surface area contributed by atoms with Crippen molar-refractivity contribution < 1.29 is 38.1 Å². The number of aliphatic hydroxyl groups is 2. The zero-order valence-electron chi connectivity index (χ0n) is 18.7. The summed E-state index contributed by atoms with van der Waals surface area (Å²) in [6.45, 7) is 4.53. The molecule has 0 radical (unpaired) electrons. The highest BCUT2D eigenvalue weighted by atomic mass is 31.2. The second kappa shape index (κ2) is 11.2. The first-order valence-electron chi connectivity index (χ1n) is 10.7. The van der Waals surface area contributed by atoms with Crippen LogP contribution in [0.5, 0.6) is 5.75 Å². The van der Waals surface area contributed by atoms with Gasteiger partial charge in [0.1, 0.15) is 36.2 Å². The van der Waals surface area contributed by atoms with Crippen molar-refractivity contribution in [2.24, 2.45) is 0 Å². The molecule has 0 unspecified atom stereocenters. The maximum atomic E-state index is 13.5. The van der Waals surface area contributed by atoms with E-state index in [0.717, 1.165) is 0 Å². The molecule has 0 amide bonds. The van der Waals surface area contributed by atoms with Gasteiger partial charge in [0, 0.05) is 0 Å². The number of hydrogen-bond acceptors (Lipinski definition) is 8. The van der Waals surface area contributed by atoms with Crippen LogP contribution in [0.3, 0.4) is 0 Å². The first-order chi connectivity index (χ1) is 15.7. The monoisotopic (exact) mass is 479 g/mol. The standard InChI is InChI=1S/C23H30NO8P/c1-15(2)30-23(27)16(3)24-33(28,32-18-12-8-5-9-13-18)29-14-19-20(25)21(26)22(31-19)17-10-6-4-7-11-17/h4-13,15-16,19-22,25-26H,14H2,1-3H3,(H,24,28)/t16-,19+,20+,21+,22-,33-/m0/s1. The Kier molecular flexibility index (Phi) is 8.64. The molecule has 2 aromatic rings. The highest BCUT2D eigenvalue weighted by molar-refractivity contribution is 7.52. The molecule has 2 aromatic carbocycles. The summed E-state index contributed by atoms with van der Waals surface area (Å²) in [5.74, 6) is -0.366. The molecule has 0 aromatic heterocycles. The van der Waals surface area contributed by atoms with E-state index in [1.165, 1.54) is 6.92 Å². The Morgan fingerprint density at radius 1 is 1.03 bits per heavy atom. The SMILES string of the molecule is CC(C)OC(=O)[C@H](C)N[P@](=O)(OC[C@H]1O[C@@H](c2ccccc2)[C@H](O)[C@@H]1O)Oc1ccccc1. The van der Waals surface area contributed by atoms with Crippen LogP contribution >= 0.6 is 7.75 Å². The average molecular weight is 479 g/mol. The molecule has 180 valence electrons. The van der Waals surface area contributed by atoms with Crippen molar-refractivity contribution in [3.05, 3.63) is 66.2 Å². The maximum absolute atomic E-state index is 13.5. The lowest BCUT2D eigenvalue weighted by molar-refractivity contribution is -0.149. The zero-order valence-corrected chi connectivity index (χ0v) is 19.6. The second-order valence-electron chi connectivity index (χ2n) is 8.02. The molecule has 9 nitrogen and oxygen atoms in total. The third-order valence-corrected chi connectivity index (χ3v) is 6.57. The van der Waals surface area contributed by atoms with Crippen LogP contribution in [0, 0.1) is 0 Å². The molecule has 1 saturated heterocycles. The molecular weight excluding hydrogens is 449 g/mol. The van der Waals surface area contributed by atoms with Gasteiger partial charge in [-0.05, 0) is 38.5 Å². The third-order valence-electron chi connectivity index (χ3n) is 4.93. The maximum Gasteiger partial charge on any atom is 0.459 e. The number of benzene rings is 2. The van der Waals surface area contributed by atoms with Gasteiger partial charge in [0.2, 0.25) is 0 Å². The summed E-state index contributed by atoms with van der Waals surface area (Å²) < 4.78 is 35.6. The van der Waals surface area contributed by atoms with Crippen LogP contribution in [0.4, 0.5) is 0 Å². The first kappa shape index (κ1) is 25.4. The molecule has 0 bridgehead atoms. The van der Waals surface area contributed by atoms with Gasteiger partial charge < -0.3 is 24.2 Å². The van der Waals surface area contributed by atoms with Gasteiger partial charge in [-0.3, -0.25) is 9.32 Å². The predicted octanol–water partition coefficient (Wildman–Crippen LogP) is 2.98. The van der Waals surface area contributed by atoms with Gasteiger partial charge in [0.15, 0.2) is 0 Å². The van der Waals surface area contributed by atoms with Crippen molar-refractivity contribution in [1.82, 2.24) is 5.09 Å². The van der Waals surface area contributed by atoms with E-state index in [1.54, 1.807) is 68.4 Å². The van der Waals surface area contributed by atoms with E-state index in [1.807, 2.05) is 6.07 Å². The molecule has 1 aliphatic rings. The Hall–Kier alpha value is -2.26. The summed E-state index contributed by atoms with van der Waals surface area (Å²) in [7, 11) is -4.11. The summed E-state index contributed by atoms with van der Waals surface area (Å²) in [5, 5.41) is 23.5. The van der Waals surface area contributed by atoms with Crippen LogP contribution in [0.2, 0.25) is 0 Å². The largest absolute Gasteiger partial charge is 0.462 e. The van der Waals surface area contributed by atoms with E-state index in [9.17, 15) is 19.6 Å². The number of rotatable bonds is 10. The molecule has 0 spiro atoms. The lowest BCUT2D eigenvalue weighted by Gasteiger charge is -2.25. The predicted molar refractivity (Wildman–Crippen MR) is 121 cm³/mol. The van der Waals surface area contributed by atoms with E-state index in [2.05, 4.69) is 5.09 Å². The highest BCUT2D eigenvalue weighted by Gasteiger charge is 2.45. The van der Waals surface area contributed by atoms with E-state index >= 15 is 0 Å². The second-order valence-corrected chi connectivity index (χ2v) is 9.71. The molecular formula is C23H30NO8P. The van der Waals surface area contributed by atoms with Crippen LogP contribution in [-0.2, 0) is 23.4 Å². The molecule has 1 aliphatic heterocycles. The fourth-order valence-corrected chi connectivity index (χ4v) is 4.81. The molecule has 33 heavy (non-hydrogen) atoms. The van der Waals surface area contributed by atoms with Crippen molar-refractivity contribution >= 4 is 13.7 Å². The number of esters is 1. The zero-order chi connectivity index (χ0) is 24.0. The van der Waals surface area contributed by atoms with Crippen molar-refractivity contribution in [3.63, 3.8) is 0 Å². The number of ether oxygens (including phenoxy) is 2. The van der Waals surface area contributed by atoms with Crippen LogP contribution < -0.4 is 9.61 Å². The third kappa shape index (κ3) is 6.86. The van der Waals surface area contributed by atoms with E-state index in [4.69, 9.17) is 18.5 Å². The fraction of sp³-hybridized carbons (Fsp3) is 0.435. The van der Waals surface area contributed by atoms with Gasteiger partial charge in [-0.25, -0.2) is 4.57 Å². The Morgan fingerprint density at radius 3 is 2.24 bits per heavy atom.